The third kappa shape index (κ3) is 4.73. The van der Waals surface area contributed by atoms with Crippen LogP contribution in [0.15, 0.2) is 65.2 Å². The molecule has 4 aromatic rings. The van der Waals surface area contributed by atoms with E-state index in [1.807, 2.05) is 30.0 Å². The van der Waals surface area contributed by atoms with Gasteiger partial charge in [-0.1, -0.05) is 30.3 Å². The SMILES string of the molecule is Cc1nc(-c2ccc(F)cc2)sc1C(=O)N1CCC[C@@H](c2ncc(Cc3ccccc3)o2)C1. The van der Waals surface area contributed by atoms with E-state index in [2.05, 4.69) is 22.1 Å². The number of oxazole rings is 1. The van der Waals surface area contributed by atoms with Crippen LogP contribution < -0.4 is 0 Å². The van der Waals surface area contributed by atoms with Crippen molar-refractivity contribution in [2.45, 2.75) is 32.1 Å². The zero-order valence-electron chi connectivity index (χ0n) is 18.3. The lowest BCUT2D eigenvalue weighted by Gasteiger charge is -2.31. The molecule has 5 rings (SSSR count). The van der Waals surface area contributed by atoms with Gasteiger partial charge in [0.2, 0.25) is 0 Å². The van der Waals surface area contributed by atoms with Gasteiger partial charge in [-0.2, -0.15) is 0 Å². The monoisotopic (exact) mass is 461 g/mol. The van der Waals surface area contributed by atoms with E-state index < -0.39 is 0 Å². The first-order valence-electron chi connectivity index (χ1n) is 11.1. The summed E-state index contributed by atoms with van der Waals surface area (Å²) in [7, 11) is 0. The largest absolute Gasteiger partial charge is 0.445 e. The highest BCUT2D eigenvalue weighted by molar-refractivity contribution is 7.17. The number of hydrogen-bond acceptors (Lipinski definition) is 5. The molecule has 0 radical (unpaired) electrons. The van der Waals surface area contributed by atoms with Crippen LogP contribution in [-0.2, 0) is 6.42 Å². The third-order valence-corrected chi connectivity index (χ3v) is 7.13. The average Bonchev–Trinajstić information content (AvgIpc) is 3.46. The van der Waals surface area contributed by atoms with Crippen molar-refractivity contribution >= 4 is 17.2 Å². The van der Waals surface area contributed by atoms with Gasteiger partial charge in [-0.25, -0.2) is 14.4 Å². The van der Waals surface area contributed by atoms with Gasteiger partial charge in [-0.05, 0) is 49.6 Å². The van der Waals surface area contributed by atoms with Gasteiger partial charge in [-0.3, -0.25) is 4.79 Å². The number of halogens is 1. The number of carbonyl (C=O) groups excluding carboxylic acids is 1. The molecule has 33 heavy (non-hydrogen) atoms. The Morgan fingerprint density at radius 3 is 2.76 bits per heavy atom. The number of benzene rings is 2. The molecule has 1 aliphatic rings. The number of hydrogen-bond donors (Lipinski definition) is 0. The molecule has 0 bridgehead atoms. The van der Waals surface area contributed by atoms with Crippen molar-refractivity contribution in [2.75, 3.05) is 13.1 Å². The van der Waals surface area contributed by atoms with Crippen LogP contribution in [-0.4, -0.2) is 33.9 Å². The lowest BCUT2D eigenvalue weighted by atomic mass is 9.98. The summed E-state index contributed by atoms with van der Waals surface area (Å²) < 4.78 is 19.3. The highest BCUT2D eigenvalue weighted by atomic mass is 32.1. The smallest absolute Gasteiger partial charge is 0.265 e. The molecular weight excluding hydrogens is 437 g/mol. The molecule has 2 aromatic heterocycles. The van der Waals surface area contributed by atoms with E-state index in [4.69, 9.17) is 4.42 Å². The zero-order chi connectivity index (χ0) is 22.8. The van der Waals surface area contributed by atoms with Gasteiger partial charge >= 0.3 is 0 Å². The number of thiazole rings is 1. The van der Waals surface area contributed by atoms with Gasteiger partial charge in [0.15, 0.2) is 5.89 Å². The average molecular weight is 462 g/mol. The summed E-state index contributed by atoms with van der Waals surface area (Å²) in [5, 5.41) is 0.725. The van der Waals surface area contributed by atoms with Crippen LogP contribution in [0, 0.1) is 12.7 Å². The minimum Gasteiger partial charge on any atom is -0.445 e. The molecule has 1 fully saturated rings. The van der Waals surface area contributed by atoms with Crippen molar-refractivity contribution < 1.29 is 13.6 Å². The second-order valence-electron chi connectivity index (χ2n) is 8.36. The Morgan fingerprint density at radius 2 is 1.97 bits per heavy atom. The molecule has 0 N–H and O–H groups in total. The summed E-state index contributed by atoms with van der Waals surface area (Å²) in [6, 6.07) is 16.4. The highest BCUT2D eigenvalue weighted by Crippen LogP contribution is 2.32. The summed E-state index contributed by atoms with van der Waals surface area (Å²) in [4.78, 5) is 24.9. The molecule has 5 nitrogen and oxygen atoms in total. The molecule has 0 spiro atoms. The van der Waals surface area contributed by atoms with Gasteiger partial charge in [-0.15, -0.1) is 11.3 Å². The first-order chi connectivity index (χ1) is 16.1. The van der Waals surface area contributed by atoms with E-state index in [0.29, 0.717) is 36.0 Å². The molecular formula is C26H24FN3O2S. The second-order valence-corrected chi connectivity index (χ2v) is 9.36. The Morgan fingerprint density at radius 1 is 1.18 bits per heavy atom. The number of rotatable bonds is 5. The Bertz CT molecular complexity index is 1250. The Kier molecular flexibility index (Phi) is 6.05. The van der Waals surface area contributed by atoms with E-state index in [-0.39, 0.29) is 17.6 Å². The van der Waals surface area contributed by atoms with Crippen molar-refractivity contribution in [1.29, 1.82) is 0 Å². The van der Waals surface area contributed by atoms with Gasteiger partial charge in [0.25, 0.3) is 5.91 Å². The Balaban J connectivity index is 1.29. The summed E-state index contributed by atoms with van der Waals surface area (Å²) in [6.07, 6.45) is 4.34. The van der Waals surface area contributed by atoms with Crippen molar-refractivity contribution in [3.63, 3.8) is 0 Å². The van der Waals surface area contributed by atoms with Crippen LogP contribution in [0.1, 0.15) is 51.3 Å². The van der Waals surface area contributed by atoms with Crippen LogP contribution in [0.3, 0.4) is 0 Å². The first-order valence-corrected chi connectivity index (χ1v) is 11.9. The van der Waals surface area contributed by atoms with E-state index in [1.54, 1.807) is 18.3 Å². The molecule has 0 unspecified atom stereocenters. The third-order valence-electron chi connectivity index (χ3n) is 5.93. The predicted octanol–water partition coefficient (Wildman–Crippen LogP) is 5.86. The van der Waals surface area contributed by atoms with Crippen LogP contribution in [0.5, 0.6) is 0 Å². The standard InChI is InChI=1S/C26H24FN3O2S/c1-17-23(33-25(29-17)19-9-11-21(27)12-10-19)26(31)30-13-5-8-20(16-30)24-28-15-22(32-24)14-18-6-3-2-4-7-18/h2-4,6-7,9-12,15,20H,5,8,13-14,16H2,1H3/t20-/m1/s1. The molecule has 1 amide bonds. The van der Waals surface area contributed by atoms with Crippen molar-refractivity contribution in [1.82, 2.24) is 14.9 Å². The van der Waals surface area contributed by atoms with E-state index in [9.17, 15) is 9.18 Å². The summed E-state index contributed by atoms with van der Waals surface area (Å²) in [6.45, 7) is 3.13. The van der Waals surface area contributed by atoms with Gasteiger partial charge in [0, 0.05) is 25.1 Å². The molecule has 2 aromatic carbocycles. The van der Waals surface area contributed by atoms with Crippen LogP contribution in [0.4, 0.5) is 4.39 Å². The minimum atomic E-state index is -0.291. The molecule has 1 atom stereocenters. The Hall–Kier alpha value is -3.32. The summed E-state index contributed by atoms with van der Waals surface area (Å²) in [5.74, 6) is 1.31. The number of aryl methyl sites for hydroxylation is 1. The maximum atomic E-state index is 13.3. The number of nitrogens with zero attached hydrogens (tertiary/aromatic N) is 3. The van der Waals surface area contributed by atoms with Gasteiger partial charge < -0.3 is 9.32 Å². The lowest BCUT2D eigenvalue weighted by Crippen LogP contribution is -2.39. The molecule has 1 saturated heterocycles. The number of carbonyl (C=O) groups is 1. The van der Waals surface area contributed by atoms with E-state index in [1.165, 1.54) is 29.0 Å². The maximum absolute atomic E-state index is 13.3. The molecule has 0 aliphatic carbocycles. The normalized spacial score (nSPS) is 16.2. The Labute approximate surface area is 195 Å². The second kappa shape index (κ2) is 9.27. The fraction of sp³-hybridized carbons (Fsp3) is 0.269. The molecule has 7 heteroatoms. The first kappa shape index (κ1) is 21.5. The lowest BCUT2D eigenvalue weighted by molar-refractivity contribution is 0.0702. The topological polar surface area (TPSA) is 59.2 Å². The van der Waals surface area contributed by atoms with E-state index >= 15 is 0 Å². The van der Waals surface area contributed by atoms with Crippen molar-refractivity contribution in [3.05, 3.63) is 94.4 Å². The fourth-order valence-electron chi connectivity index (χ4n) is 4.21. The summed E-state index contributed by atoms with van der Waals surface area (Å²) >= 11 is 1.36. The quantitative estimate of drug-likeness (QED) is 0.374. The number of likely N-dealkylation sites (tertiary alicyclic amines) is 1. The van der Waals surface area contributed by atoms with Gasteiger partial charge in [0.1, 0.15) is 21.5 Å². The van der Waals surface area contributed by atoms with Crippen molar-refractivity contribution in [2.24, 2.45) is 0 Å². The summed E-state index contributed by atoms with van der Waals surface area (Å²) in [5.41, 5.74) is 2.69. The minimum absolute atomic E-state index is 0.0147. The highest BCUT2D eigenvalue weighted by Gasteiger charge is 2.30. The molecule has 1 aliphatic heterocycles. The fourth-order valence-corrected chi connectivity index (χ4v) is 5.25. The van der Waals surface area contributed by atoms with Crippen molar-refractivity contribution in [3.8, 4) is 10.6 Å². The number of amides is 1. The number of piperidine rings is 1. The molecule has 168 valence electrons. The zero-order valence-corrected chi connectivity index (χ0v) is 19.1. The van der Waals surface area contributed by atoms with E-state index in [0.717, 1.165) is 29.2 Å². The van der Waals surface area contributed by atoms with Gasteiger partial charge in [0.05, 0.1) is 17.8 Å². The molecule has 3 heterocycles. The number of aromatic nitrogens is 2. The predicted molar refractivity (Wildman–Crippen MR) is 126 cm³/mol. The van der Waals surface area contributed by atoms with Crippen LogP contribution in [0.25, 0.3) is 10.6 Å². The van der Waals surface area contributed by atoms with Crippen LogP contribution in [0.2, 0.25) is 0 Å². The van der Waals surface area contributed by atoms with Crippen LogP contribution >= 0.6 is 11.3 Å². The molecule has 0 saturated carbocycles. The maximum Gasteiger partial charge on any atom is 0.265 e.